The molecule has 2 aliphatic rings. The van der Waals surface area contributed by atoms with Gasteiger partial charge in [0.25, 0.3) is 0 Å². The number of ketones is 1. The lowest BCUT2D eigenvalue weighted by Crippen LogP contribution is -2.43. The highest BCUT2D eigenvalue weighted by Crippen LogP contribution is 2.40. The Labute approximate surface area is 185 Å². The first kappa shape index (κ1) is 23.5. The molecule has 6 heteroatoms. The lowest BCUT2D eigenvalue weighted by molar-refractivity contribution is -0.138. The summed E-state index contributed by atoms with van der Waals surface area (Å²) in [5, 5.41) is 13.7. The van der Waals surface area contributed by atoms with Gasteiger partial charge < -0.3 is 14.7 Å². The summed E-state index contributed by atoms with van der Waals surface area (Å²) in [6.07, 6.45) is 4.57. The van der Waals surface area contributed by atoms with Crippen LogP contribution in [-0.4, -0.2) is 35.3 Å². The number of oxime groups is 1. The molecule has 1 fully saturated rings. The number of rotatable bonds is 12. The van der Waals surface area contributed by atoms with E-state index in [2.05, 4.69) is 19.0 Å². The number of ether oxygens (including phenoxy) is 1. The molecular weight excluding hydrogens is 394 g/mol. The van der Waals surface area contributed by atoms with Crippen molar-refractivity contribution in [2.75, 3.05) is 6.61 Å². The second kappa shape index (κ2) is 11.4. The number of carbonyl (C=O) groups excluding carboxylic acids is 1. The van der Waals surface area contributed by atoms with E-state index in [0.717, 1.165) is 24.8 Å². The maximum Gasteiger partial charge on any atom is 0.304 e. The standard InChI is InChI=1S/C25H35NO5/c1-17(2)10-11-19-12-13-21(27)23-24(26-31-25(19)23)20(15-22(28)29)9-6-14-30-16-18-7-4-3-5-8-18/h3-5,7-8,17,19-20,23,25H,6,9-16H2,1-2H3,(H,28,29)/t19?,20?,23?,25-/m0/s1. The Morgan fingerprint density at radius 1 is 1.26 bits per heavy atom. The molecule has 1 saturated carbocycles. The number of aliphatic carboxylic acids is 1. The number of benzene rings is 1. The summed E-state index contributed by atoms with van der Waals surface area (Å²) in [5.74, 6) is -0.473. The van der Waals surface area contributed by atoms with Crippen LogP contribution in [0.2, 0.25) is 0 Å². The summed E-state index contributed by atoms with van der Waals surface area (Å²) in [7, 11) is 0. The van der Waals surface area contributed by atoms with E-state index in [1.54, 1.807) is 0 Å². The highest BCUT2D eigenvalue weighted by Gasteiger charge is 2.48. The molecule has 0 amide bonds. The fraction of sp³-hybridized carbons (Fsp3) is 0.640. The summed E-state index contributed by atoms with van der Waals surface area (Å²) >= 11 is 0. The van der Waals surface area contributed by atoms with E-state index in [0.29, 0.717) is 50.0 Å². The number of carbonyl (C=O) groups is 2. The predicted octanol–water partition coefficient (Wildman–Crippen LogP) is 4.86. The van der Waals surface area contributed by atoms with Gasteiger partial charge in [-0.25, -0.2) is 0 Å². The van der Waals surface area contributed by atoms with Crippen LogP contribution in [0, 0.1) is 23.7 Å². The van der Waals surface area contributed by atoms with Crippen molar-refractivity contribution < 1.29 is 24.3 Å². The van der Waals surface area contributed by atoms with Crippen molar-refractivity contribution in [1.29, 1.82) is 0 Å². The Balaban J connectivity index is 1.56. The van der Waals surface area contributed by atoms with Crippen LogP contribution in [-0.2, 0) is 25.8 Å². The minimum absolute atomic E-state index is 0.0337. The van der Waals surface area contributed by atoms with E-state index in [1.165, 1.54) is 0 Å². The minimum atomic E-state index is -0.874. The van der Waals surface area contributed by atoms with Crippen LogP contribution in [0.15, 0.2) is 35.5 Å². The maximum atomic E-state index is 12.8. The lowest BCUT2D eigenvalue weighted by Gasteiger charge is -2.32. The summed E-state index contributed by atoms with van der Waals surface area (Å²) in [6.45, 7) is 5.48. The van der Waals surface area contributed by atoms with E-state index >= 15 is 0 Å². The Bertz CT molecular complexity index is 760. The monoisotopic (exact) mass is 429 g/mol. The Hall–Kier alpha value is -2.21. The molecule has 0 bridgehead atoms. The molecule has 1 aromatic carbocycles. The lowest BCUT2D eigenvalue weighted by atomic mass is 9.71. The van der Waals surface area contributed by atoms with Gasteiger partial charge in [-0.3, -0.25) is 9.59 Å². The number of carboxylic acid groups (broad SMARTS) is 1. The van der Waals surface area contributed by atoms with Crippen molar-refractivity contribution in [2.24, 2.45) is 28.8 Å². The number of fused-ring (bicyclic) bond motifs is 1. The maximum absolute atomic E-state index is 12.8. The van der Waals surface area contributed by atoms with E-state index < -0.39 is 5.97 Å². The van der Waals surface area contributed by atoms with Gasteiger partial charge in [-0.1, -0.05) is 55.8 Å². The van der Waals surface area contributed by atoms with Gasteiger partial charge in [0.2, 0.25) is 0 Å². The molecule has 3 unspecified atom stereocenters. The summed E-state index contributed by atoms with van der Waals surface area (Å²) < 4.78 is 5.75. The zero-order valence-corrected chi connectivity index (χ0v) is 18.7. The molecule has 1 N–H and O–H groups in total. The van der Waals surface area contributed by atoms with Crippen LogP contribution < -0.4 is 0 Å². The van der Waals surface area contributed by atoms with Crippen LogP contribution in [0.3, 0.4) is 0 Å². The van der Waals surface area contributed by atoms with Gasteiger partial charge >= 0.3 is 5.97 Å². The van der Waals surface area contributed by atoms with Crippen molar-refractivity contribution in [3.63, 3.8) is 0 Å². The van der Waals surface area contributed by atoms with Crippen molar-refractivity contribution in [3.8, 4) is 0 Å². The molecule has 1 aliphatic heterocycles. The fourth-order valence-corrected chi connectivity index (χ4v) is 4.71. The number of nitrogens with zero attached hydrogens (tertiary/aromatic N) is 1. The zero-order chi connectivity index (χ0) is 22.2. The average Bonchev–Trinajstić information content (AvgIpc) is 3.19. The molecule has 0 aromatic heterocycles. The second-order valence-electron chi connectivity index (χ2n) is 9.28. The first-order valence-electron chi connectivity index (χ1n) is 11.6. The number of carboxylic acids is 1. The fourth-order valence-electron chi connectivity index (χ4n) is 4.71. The van der Waals surface area contributed by atoms with E-state index in [4.69, 9.17) is 9.57 Å². The molecule has 1 heterocycles. The van der Waals surface area contributed by atoms with Crippen LogP contribution >= 0.6 is 0 Å². The van der Waals surface area contributed by atoms with E-state index in [1.807, 2.05) is 30.3 Å². The van der Waals surface area contributed by atoms with Gasteiger partial charge in [-0.15, -0.1) is 0 Å². The third-order valence-electron chi connectivity index (χ3n) is 6.41. The molecule has 1 aromatic rings. The van der Waals surface area contributed by atoms with Gasteiger partial charge in [0.05, 0.1) is 24.7 Å². The third kappa shape index (κ3) is 6.63. The molecule has 4 atom stereocenters. The normalized spacial score (nSPS) is 23.9. The Morgan fingerprint density at radius 3 is 2.74 bits per heavy atom. The van der Waals surface area contributed by atoms with E-state index in [-0.39, 0.29) is 30.1 Å². The summed E-state index contributed by atoms with van der Waals surface area (Å²) in [4.78, 5) is 30.0. The molecule has 170 valence electrons. The van der Waals surface area contributed by atoms with Crippen molar-refractivity contribution in [1.82, 2.24) is 0 Å². The topological polar surface area (TPSA) is 85.2 Å². The molecule has 1 aliphatic carbocycles. The number of hydrogen-bond acceptors (Lipinski definition) is 5. The zero-order valence-electron chi connectivity index (χ0n) is 18.7. The highest BCUT2D eigenvalue weighted by atomic mass is 16.6. The minimum Gasteiger partial charge on any atom is -0.481 e. The number of Topliss-reactive ketones (excluding diaryl/α,β-unsaturated/α-hetero) is 1. The van der Waals surface area contributed by atoms with Crippen LogP contribution in [0.5, 0.6) is 0 Å². The summed E-state index contributed by atoms with van der Waals surface area (Å²) in [6, 6.07) is 9.96. The quantitative estimate of drug-likeness (QED) is 0.480. The first-order chi connectivity index (χ1) is 15.0. The van der Waals surface area contributed by atoms with Gasteiger partial charge in [0.15, 0.2) is 0 Å². The summed E-state index contributed by atoms with van der Waals surface area (Å²) in [5.41, 5.74) is 1.76. The van der Waals surface area contributed by atoms with Gasteiger partial charge in [0, 0.05) is 24.9 Å². The molecule has 0 saturated heterocycles. The molecule has 6 nitrogen and oxygen atoms in total. The second-order valence-corrected chi connectivity index (χ2v) is 9.28. The van der Waals surface area contributed by atoms with Gasteiger partial charge in [-0.2, -0.15) is 0 Å². The molecular formula is C25H35NO5. The SMILES string of the molecule is CC(C)CCC1CCC(=O)C2C(C(CCCOCc3ccccc3)CC(=O)O)=NO[C@@H]12. The molecule has 0 spiro atoms. The van der Waals surface area contributed by atoms with Gasteiger partial charge in [0.1, 0.15) is 11.9 Å². The smallest absolute Gasteiger partial charge is 0.304 e. The van der Waals surface area contributed by atoms with Crippen LogP contribution in [0.1, 0.15) is 64.4 Å². The van der Waals surface area contributed by atoms with E-state index in [9.17, 15) is 14.7 Å². The van der Waals surface area contributed by atoms with Crippen LogP contribution in [0.4, 0.5) is 0 Å². The van der Waals surface area contributed by atoms with Gasteiger partial charge in [-0.05, 0) is 37.2 Å². The van der Waals surface area contributed by atoms with Crippen LogP contribution in [0.25, 0.3) is 0 Å². The third-order valence-corrected chi connectivity index (χ3v) is 6.41. The molecule has 31 heavy (non-hydrogen) atoms. The van der Waals surface area contributed by atoms with Crippen molar-refractivity contribution >= 4 is 17.5 Å². The highest BCUT2D eigenvalue weighted by molar-refractivity contribution is 6.08. The Kier molecular flexibility index (Phi) is 8.64. The average molecular weight is 430 g/mol. The van der Waals surface area contributed by atoms with Crippen molar-refractivity contribution in [2.45, 2.75) is 71.5 Å². The largest absolute Gasteiger partial charge is 0.481 e. The Morgan fingerprint density at radius 2 is 2.03 bits per heavy atom. The predicted molar refractivity (Wildman–Crippen MR) is 119 cm³/mol. The first-order valence-corrected chi connectivity index (χ1v) is 11.6. The van der Waals surface area contributed by atoms with Crippen molar-refractivity contribution in [3.05, 3.63) is 35.9 Å². The molecule has 3 rings (SSSR count). The molecule has 0 radical (unpaired) electrons. The number of hydrogen-bond donors (Lipinski definition) is 1.